The molecule has 23 heavy (non-hydrogen) atoms. The van der Waals surface area contributed by atoms with E-state index in [1.807, 2.05) is 38.6 Å². The van der Waals surface area contributed by atoms with Gasteiger partial charge in [0, 0.05) is 32.4 Å². The van der Waals surface area contributed by atoms with Crippen molar-refractivity contribution in [3.8, 4) is 0 Å². The number of carbonyl (C=O) groups is 1. The average Bonchev–Trinajstić information content (AvgIpc) is 2.99. The molecule has 0 unspecified atom stereocenters. The lowest BCUT2D eigenvalue weighted by Gasteiger charge is -2.21. The van der Waals surface area contributed by atoms with Gasteiger partial charge in [0.1, 0.15) is 11.9 Å². The summed E-state index contributed by atoms with van der Waals surface area (Å²) in [4.78, 5) is 16.1. The van der Waals surface area contributed by atoms with Gasteiger partial charge in [0.05, 0.1) is 25.3 Å². The highest BCUT2D eigenvalue weighted by Crippen LogP contribution is 2.18. The monoisotopic (exact) mass is 324 g/mol. The minimum atomic E-state index is -0.648. The highest BCUT2D eigenvalue weighted by Gasteiger charge is 2.35. The van der Waals surface area contributed by atoms with E-state index in [4.69, 9.17) is 4.74 Å². The Morgan fingerprint density at radius 2 is 2.26 bits per heavy atom. The zero-order valence-corrected chi connectivity index (χ0v) is 14.4. The van der Waals surface area contributed by atoms with Crippen LogP contribution in [0.25, 0.3) is 0 Å². The van der Waals surface area contributed by atoms with E-state index in [1.54, 1.807) is 6.20 Å². The lowest BCUT2D eigenvalue weighted by molar-refractivity contribution is -0.123. The van der Waals surface area contributed by atoms with E-state index < -0.39 is 6.10 Å². The summed E-state index contributed by atoms with van der Waals surface area (Å²) in [5, 5.41) is 16.4. The van der Waals surface area contributed by atoms with Crippen LogP contribution in [0.4, 0.5) is 0 Å². The van der Waals surface area contributed by atoms with E-state index in [1.165, 1.54) is 0 Å². The third-order valence-electron chi connectivity index (χ3n) is 3.92. The van der Waals surface area contributed by atoms with Crippen molar-refractivity contribution in [3.05, 3.63) is 18.2 Å². The molecule has 0 radical (unpaired) electrons. The first kappa shape index (κ1) is 17.9. The number of carbonyl (C=O) groups excluding carboxylic acids is 1. The number of amides is 1. The standard InChI is InChI=1S/C16H28N4O3/c1-16(2,3)7-14(21)19-8-12-15(22)11(10-23-12)18-9-13-17-5-6-20(13)4/h5-6,11-12,15,18,22H,7-10H2,1-4H3,(H,19,21)/t11-,12-,15+/m1/s1. The Labute approximate surface area is 137 Å². The Morgan fingerprint density at radius 3 is 2.87 bits per heavy atom. The van der Waals surface area contributed by atoms with Gasteiger partial charge in [-0.1, -0.05) is 20.8 Å². The van der Waals surface area contributed by atoms with Crippen LogP contribution in [0.2, 0.25) is 0 Å². The molecule has 1 aliphatic heterocycles. The molecule has 3 N–H and O–H groups in total. The molecule has 1 aliphatic rings. The van der Waals surface area contributed by atoms with Gasteiger partial charge in [-0.3, -0.25) is 4.79 Å². The second kappa shape index (κ2) is 7.42. The number of aryl methyl sites for hydroxylation is 1. The summed E-state index contributed by atoms with van der Waals surface area (Å²) < 4.78 is 7.53. The highest BCUT2D eigenvalue weighted by molar-refractivity contribution is 5.76. The Morgan fingerprint density at radius 1 is 1.52 bits per heavy atom. The second-order valence-electron chi connectivity index (χ2n) is 7.35. The lowest BCUT2D eigenvalue weighted by atomic mass is 9.92. The van der Waals surface area contributed by atoms with Crippen LogP contribution in [0, 0.1) is 5.41 Å². The number of nitrogens with one attached hydrogen (secondary N) is 2. The van der Waals surface area contributed by atoms with Crippen molar-refractivity contribution in [3.63, 3.8) is 0 Å². The quantitative estimate of drug-likeness (QED) is 0.695. The first-order chi connectivity index (χ1) is 10.8. The van der Waals surface area contributed by atoms with E-state index in [0.717, 1.165) is 5.82 Å². The molecule has 1 fully saturated rings. The van der Waals surface area contributed by atoms with E-state index in [2.05, 4.69) is 15.6 Å². The summed E-state index contributed by atoms with van der Waals surface area (Å²) in [7, 11) is 1.93. The van der Waals surface area contributed by atoms with Crippen molar-refractivity contribution in [1.29, 1.82) is 0 Å². The molecule has 0 aromatic carbocycles. The molecular weight excluding hydrogens is 296 g/mol. The molecule has 3 atom stereocenters. The van der Waals surface area contributed by atoms with Crippen LogP contribution in [-0.2, 0) is 23.1 Å². The van der Waals surface area contributed by atoms with E-state index >= 15 is 0 Å². The second-order valence-corrected chi connectivity index (χ2v) is 7.35. The predicted molar refractivity (Wildman–Crippen MR) is 86.7 cm³/mol. The molecule has 1 aromatic heterocycles. The van der Waals surface area contributed by atoms with Gasteiger partial charge in [0.25, 0.3) is 0 Å². The molecule has 7 heteroatoms. The van der Waals surface area contributed by atoms with Gasteiger partial charge in [-0.25, -0.2) is 4.98 Å². The van der Waals surface area contributed by atoms with E-state index in [-0.39, 0.29) is 23.5 Å². The minimum absolute atomic E-state index is 0.0160. The fourth-order valence-corrected chi connectivity index (χ4v) is 2.59. The van der Waals surface area contributed by atoms with Crippen LogP contribution in [-0.4, -0.2) is 52.0 Å². The Bertz CT molecular complexity index is 524. The Hall–Kier alpha value is -1.44. The Kier molecular flexibility index (Phi) is 5.78. The van der Waals surface area contributed by atoms with Crippen LogP contribution < -0.4 is 10.6 Å². The lowest BCUT2D eigenvalue weighted by Crippen LogP contribution is -2.45. The van der Waals surface area contributed by atoms with E-state index in [9.17, 15) is 9.90 Å². The van der Waals surface area contributed by atoms with Crippen molar-refractivity contribution in [2.75, 3.05) is 13.2 Å². The molecule has 1 aromatic rings. The van der Waals surface area contributed by atoms with Gasteiger partial charge >= 0.3 is 0 Å². The number of imidazole rings is 1. The predicted octanol–water partition coefficient (Wildman–Crippen LogP) is 0.190. The van der Waals surface area contributed by atoms with E-state index in [0.29, 0.717) is 26.1 Å². The van der Waals surface area contributed by atoms with Crippen LogP contribution >= 0.6 is 0 Å². The molecule has 2 heterocycles. The van der Waals surface area contributed by atoms with Crippen molar-refractivity contribution in [1.82, 2.24) is 20.2 Å². The molecule has 1 saturated heterocycles. The normalized spacial score (nSPS) is 24.8. The van der Waals surface area contributed by atoms with Gasteiger partial charge in [-0.2, -0.15) is 0 Å². The molecular formula is C16H28N4O3. The van der Waals surface area contributed by atoms with Crippen LogP contribution in [0.5, 0.6) is 0 Å². The maximum Gasteiger partial charge on any atom is 0.220 e. The summed E-state index contributed by atoms with van der Waals surface area (Å²) in [6.45, 7) is 7.38. The zero-order valence-electron chi connectivity index (χ0n) is 14.4. The third-order valence-corrected chi connectivity index (χ3v) is 3.92. The number of aliphatic hydroxyl groups excluding tert-OH is 1. The van der Waals surface area contributed by atoms with Gasteiger partial charge < -0.3 is 25.0 Å². The van der Waals surface area contributed by atoms with Crippen LogP contribution in [0.15, 0.2) is 12.4 Å². The topological polar surface area (TPSA) is 88.4 Å². The molecule has 1 amide bonds. The van der Waals surface area contributed by atoms with Crippen LogP contribution in [0.1, 0.15) is 33.0 Å². The first-order valence-electron chi connectivity index (χ1n) is 8.02. The number of aliphatic hydroxyl groups is 1. The number of hydrogen-bond acceptors (Lipinski definition) is 5. The van der Waals surface area contributed by atoms with Crippen molar-refractivity contribution < 1.29 is 14.6 Å². The third kappa shape index (κ3) is 5.30. The smallest absolute Gasteiger partial charge is 0.220 e. The molecule has 7 nitrogen and oxygen atoms in total. The number of aromatic nitrogens is 2. The number of nitrogens with zero attached hydrogens (tertiary/aromatic N) is 2. The molecule has 0 spiro atoms. The summed E-state index contributed by atoms with van der Waals surface area (Å²) in [6, 6.07) is -0.156. The summed E-state index contributed by atoms with van der Waals surface area (Å²) >= 11 is 0. The van der Waals surface area contributed by atoms with Gasteiger partial charge in [0.2, 0.25) is 5.91 Å². The maximum absolute atomic E-state index is 11.8. The number of hydrogen-bond donors (Lipinski definition) is 3. The molecule has 0 aliphatic carbocycles. The fourth-order valence-electron chi connectivity index (χ4n) is 2.59. The van der Waals surface area contributed by atoms with Crippen LogP contribution in [0.3, 0.4) is 0 Å². The van der Waals surface area contributed by atoms with Crippen molar-refractivity contribution in [2.45, 2.75) is 52.0 Å². The summed E-state index contributed by atoms with van der Waals surface area (Å²) in [5.74, 6) is 0.886. The van der Waals surface area contributed by atoms with Crippen molar-refractivity contribution in [2.24, 2.45) is 12.5 Å². The zero-order chi connectivity index (χ0) is 17.0. The van der Waals surface area contributed by atoms with Gasteiger partial charge in [-0.15, -0.1) is 0 Å². The molecule has 0 bridgehead atoms. The summed E-state index contributed by atoms with van der Waals surface area (Å²) in [6.07, 6.45) is 3.05. The molecule has 2 rings (SSSR count). The average molecular weight is 324 g/mol. The number of rotatable bonds is 6. The Balaban J connectivity index is 1.74. The van der Waals surface area contributed by atoms with Gasteiger partial charge in [0.15, 0.2) is 0 Å². The van der Waals surface area contributed by atoms with Gasteiger partial charge in [-0.05, 0) is 5.41 Å². The number of ether oxygens (including phenoxy) is 1. The largest absolute Gasteiger partial charge is 0.389 e. The van der Waals surface area contributed by atoms with Crippen molar-refractivity contribution >= 4 is 5.91 Å². The first-order valence-corrected chi connectivity index (χ1v) is 8.02. The molecule has 130 valence electrons. The fraction of sp³-hybridized carbons (Fsp3) is 0.750. The minimum Gasteiger partial charge on any atom is -0.389 e. The summed E-state index contributed by atoms with van der Waals surface area (Å²) in [5.41, 5.74) is -0.0502. The SMILES string of the molecule is Cn1ccnc1CN[C@@H]1CO[C@H](CNC(=O)CC(C)(C)C)[C@H]1O. The highest BCUT2D eigenvalue weighted by atomic mass is 16.5. The molecule has 0 saturated carbocycles. The maximum atomic E-state index is 11.8.